The van der Waals surface area contributed by atoms with Crippen LogP contribution in [0.15, 0.2) is 60.7 Å². The van der Waals surface area contributed by atoms with Crippen molar-refractivity contribution in [2.24, 2.45) is 0 Å². The highest BCUT2D eigenvalue weighted by atomic mass is 16.6. The number of hydrogen-bond acceptors (Lipinski definition) is 6. The Bertz CT molecular complexity index is 642. The molecule has 1 heterocycles. The molecule has 1 aliphatic rings. The van der Waals surface area contributed by atoms with Gasteiger partial charge in [-0.05, 0) is 11.1 Å². The van der Waals surface area contributed by atoms with Crippen LogP contribution in [-0.4, -0.2) is 62.6 Å². The number of aliphatic hydroxyl groups is 4. The molecule has 4 N–H and O–H groups in total. The molecular formula is C20H25NO5. The fourth-order valence-electron chi connectivity index (χ4n) is 3.20. The molecule has 6 nitrogen and oxygen atoms in total. The molecule has 6 heteroatoms. The third-order valence-corrected chi connectivity index (χ3v) is 4.63. The molecule has 0 aliphatic carbocycles. The van der Waals surface area contributed by atoms with Crippen LogP contribution in [0.5, 0.6) is 0 Å². The SMILES string of the molecule is O[C@@H]1[C@H](O)CO[C@](O)(CN(Cc2ccccc2)Cc2ccccc2)[C@@H]1O. The Labute approximate surface area is 152 Å². The Kier molecular flexibility index (Phi) is 6.03. The Morgan fingerprint density at radius 2 is 1.38 bits per heavy atom. The Morgan fingerprint density at radius 3 is 1.88 bits per heavy atom. The van der Waals surface area contributed by atoms with Crippen molar-refractivity contribution < 1.29 is 25.2 Å². The Balaban J connectivity index is 1.78. The third-order valence-electron chi connectivity index (χ3n) is 4.63. The van der Waals surface area contributed by atoms with Gasteiger partial charge in [-0.3, -0.25) is 4.90 Å². The Morgan fingerprint density at radius 1 is 0.885 bits per heavy atom. The first-order chi connectivity index (χ1) is 12.5. The number of hydrogen-bond donors (Lipinski definition) is 4. The predicted molar refractivity (Wildman–Crippen MR) is 95.9 cm³/mol. The zero-order chi connectivity index (χ0) is 18.6. The fourth-order valence-corrected chi connectivity index (χ4v) is 3.20. The number of benzene rings is 2. The molecule has 0 saturated carbocycles. The van der Waals surface area contributed by atoms with E-state index in [4.69, 9.17) is 4.74 Å². The lowest BCUT2D eigenvalue weighted by Gasteiger charge is -2.43. The van der Waals surface area contributed by atoms with Crippen molar-refractivity contribution in [2.45, 2.75) is 37.2 Å². The number of aliphatic hydroxyl groups excluding tert-OH is 3. The maximum absolute atomic E-state index is 10.8. The first-order valence-electron chi connectivity index (χ1n) is 8.69. The average Bonchev–Trinajstić information content (AvgIpc) is 2.65. The summed E-state index contributed by atoms with van der Waals surface area (Å²) in [5.74, 6) is -1.96. The smallest absolute Gasteiger partial charge is 0.207 e. The second-order valence-electron chi connectivity index (χ2n) is 6.77. The van der Waals surface area contributed by atoms with Crippen LogP contribution in [0.3, 0.4) is 0 Å². The lowest BCUT2D eigenvalue weighted by atomic mass is 9.96. The highest BCUT2D eigenvalue weighted by Crippen LogP contribution is 2.26. The molecule has 0 bridgehead atoms. The molecule has 3 rings (SSSR count). The number of ether oxygens (including phenoxy) is 1. The summed E-state index contributed by atoms with van der Waals surface area (Å²) in [7, 11) is 0. The molecule has 0 radical (unpaired) electrons. The summed E-state index contributed by atoms with van der Waals surface area (Å²) in [5.41, 5.74) is 2.11. The van der Waals surface area contributed by atoms with Crippen molar-refractivity contribution in [1.82, 2.24) is 4.90 Å². The molecule has 26 heavy (non-hydrogen) atoms. The van der Waals surface area contributed by atoms with Crippen molar-refractivity contribution >= 4 is 0 Å². The summed E-state index contributed by atoms with van der Waals surface area (Å²) in [6.07, 6.45) is -4.27. The van der Waals surface area contributed by atoms with Crippen LogP contribution in [0, 0.1) is 0 Å². The van der Waals surface area contributed by atoms with E-state index in [0.29, 0.717) is 13.1 Å². The monoisotopic (exact) mass is 359 g/mol. The van der Waals surface area contributed by atoms with Gasteiger partial charge in [-0.25, -0.2) is 0 Å². The standard InChI is InChI=1S/C20H25NO5/c22-17-13-26-20(25,19(24)18(17)23)14-21(11-15-7-3-1-4-8-15)12-16-9-5-2-6-10-16/h1-10,17-19,22-25H,11-14H2/t17-,18-,19-,20-/m1/s1. The molecule has 140 valence electrons. The largest absolute Gasteiger partial charge is 0.388 e. The van der Waals surface area contributed by atoms with E-state index in [1.165, 1.54) is 0 Å². The molecule has 1 aliphatic heterocycles. The van der Waals surface area contributed by atoms with E-state index in [0.717, 1.165) is 11.1 Å². The van der Waals surface area contributed by atoms with Crippen LogP contribution >= 0.6 is 0 Å². The van der Waals surface area contributed by atoms with Crippen molar-refractivity contribution in [2.75, 3.05) is 13.2 Å². The zero-order valence-electron chi connectivity index (χ0n) is 14.5. The van der Waals surface area contributed by atoms with Gasteiger partial charge in [-0.15, -0.1) is 0 Å². The van der Waals surface area contributed by atoms with Gasteiger partial charge < -0.3 is 25.2 Å². The summed E-state index contributed by atoms with van der Waals surface area (Å²) in [6.45, 7) is 0.820. The van der Waals surface area contributed by atoms with Gasteiger partial charge in [-0.2, -0.15) is 0 Å². The fraction of sp³-hybridized carbons (Fsp3) is 0.400. The second-order valence-corrected chi connectivity index (χ2v) is 6.77. The summed E-state index contributed by atoms with van der Waals surface area (Å²) >= 11 is 0. The quantitative estimate of drug-likeness (QED) is 0.600. The molecule has 0 spiro atoms. The van der Waals surface area contributed by atoms with Crippen molar-refractivity contribution in [3.8, 4) is 0 Å². The van der Waals surface area contributed by atoms with Gasteiger partial charge in [0.1, 0.15) is 18.3 Å². The van der Waals surface area contributed by atoms with Crippen LogP contribution in [0.1, 0.15) is 11.1 Å². The third kappa shape index (κ3) is 4.48. The molecule has 0 unspecified atom stereocenters. The summed E-state index contributed by atoms with van der Waals surface area (Å²) in [4.78, 5) is 1.94. The molecule has 1 saturated heterocycles. The van der Waals surface area contributed by atoms with Crippen molar-refractivity contribution in [3.05, 3.63) is 71.8 Å². The normalized spacial score (nSPS) is 29.0. The molecule has 0 amide bonds. The first-order valence-corrected chi connectivity index (χ1v) is 8.69. The van der Waals surface area contributed by atoms with E-state index in [9.17, 15) is 20.4 Å². The van der Waals surface area contributed by atoms with Gasteiger partial charge in [0.25, 0.3) is 0 Å². The van der Waals surface area contributed by atoms with E-state index in [2.05, 4.69) is 0 Å². The lowest BCUT2D eigenvalue weighted by molar-refractivity contribution is -0.325. The van der Waals surface area contributed by atoms with E-state index in [-0.39, 0.29) is 13.2 Å². The van der Waals surface area contributed by atoms with Gasteiger partial charge in [0.2, 0.25) is 5.79 Å². The van der Waals surface area contributed by atoms with Crippen LogP contribution in [0.2, 0.25) is 0 Å². The average molecular weight is 359 g/mol. The minimum atomic E-state index is -1.96. The first kappa shape index (κ1) is 19.0. The highest BCUT2D eigenvalue weighted by molar-refractivity contribution is 5.17. The topological polar surface area (TPSA) is 93.4 Å². The van der Waals surface area contributed by atoms with Gasteiger partial charge >= 0.3 is 0 Å². The maximum Gasteiger partial charge on any atom is 0.207 e. The van der Waals surface area contributed by atoms with Crippen LogP contribution in [0.4, 0.5) is 0 Å². The minimum Gasteiger partial charge on any atom is -0.388 e. The van der Waals surface area contributed by atoms with Crippen molar-refractivity contribution in [3.63, 3.8) is 0 Å². The van der Waals surface area contributed by atoms with Gasteiger partial charge in [0, 0.05) is 13.1 Å². The molecule has 2 aromatic rings. The van der Waals surface area contributed by atoms with E-state index in [1.807, 2.05) is 65.6 Å². The van der Waals surface area contributed by atoms with E-state index >= 15 is 0 Å². The zero-order valence-corrected chi connectivity index (χ0v) is 14.5. The number of rotatable bonds is 6. The molecule has 1 fully saturated rings. The predicted octanol–water partition coefficient (Wildman–Crippen LogP) is 0.490. The van der Waals surface area contributed by atoms with Crippen LogP contribution in [-0.2, 0) is 17.8 Å². The highest BCUT2D eigenvalue weighted by Gasteiger charge is 2.49. The van der Waals surface area contributed by atoms with Crippen LogP contribution in [0.25, 0.3) is 0 Å². The lowest BCUT2D eigenvalue weighted by Crippen LogP contribution is -2.64. The van der Waals surface area contributed by atoms with Gasteiger partial charge in [-0.1, -0.05) is 60.7 Å². The van der Waals surface area contributed by atoms with Crippen molar-refractivity contribution in [1.29, 1.82) is 0 Å². The van der Waals surface area contributed by atoms with Crippen LogP contribution < -0.4 is 0 Å². The maximum atomic E-state index is 10.8. The summed E-state index contributed by atoms with van der Waals surface area (Å²) in [6, 6.07) is 19.6. The Hall–Kier alpha value is -1.80. The minimum absolute atomic E-state index is 0.0122. The van der Waals surface area contributed by atoms with E-state index in [1.54, 1.807) is 0 Å². The van der Waals surface area contributed by atoms with Gasteiger partial charge in [0.15, 0.2) is 0 Å². The number of nitrogens with zero attached hydrogens (tertiary/aromatic N) is 1. The summed E-state index contributed by atoms with van der Waals surface area (Å²) in [5, 5.41) is 40.5. The second kappa shape index (κ2) is 8.26. The van der Waals surface area contributed by atoms with Gasteiger partial charge in [0.05, 0.1) is 13.2 Å². The summed E-state index contributed by atoms with van der Waals surface area (Å²) < 4.78 is 5.32. The molecule has 4 atom stereocenters. The molecular weight excluding hydrogens is 334 g/mol. The molecule has 0 aromatic heterocycles. The molecule has 2 aromatic carbocycles. The van der Waals surface area contributed by atoms with E-state index < -0.39 is 24.1 Å².